The number of rotatable bonds is 3. The number of terminal acetylenes is 1. The van der Waals surface area contributed by atoms with E-state index in [1.54, 1.807) is 0 Å². The molecule has 7 heteroatoms. The molecule has 1 aromatic rings. The predicted octanol–water partition coefficient (Wildman–Crippen LogP) is 1.87. The molecule has 0 spiro atoms. The zero-order valence-corrected chi connectivity index (χ0v) is 9.03. The van der Waals surface area contributed by atoms with Gasteiger partial charge in [0.25, 0.3) is 0 Å². The Bertz CT molecular complexity index is 506. The molecular weight excluding hydrogens is 249 g/mol. The highest BCUT2D eigenvalue weighted by molar-refractivity contribution is 5.78. The average Bonchev–Trinajstić information content (AvgIpc) is 2.25. The number of halogens is 3. The molecule has 0 aliphatic rings. The summed E-state index contributed by atoms with van der Waals surface area (Å²) in [5.74, 6) is -0.643. The maximum atomic E-state index is 12.5. The smallest absolute Gasteiger partial charge is 0.433 e. The number of nitrogens with zero attached hydrogens (tertiary/aromatic N) is 1. The first-order valence-electron chi connectivity index (χ1n) is 4.77. The summed E-state index contributed by atoms with van der Waals surface area (Å²) in [7, 11) is 0. The largest absolute Gasteiger partial charge is 0.481 e. The van der Waals surface area contributed by atoms with E-state index in [1.165, 1.54) is 0 Å². The fourth-order valence-corrected chi connectivity index (χ4v) is 1.34. The molecule has 96 valence electrons. The van der Waals surface area contributed by atoms with Gasteiger partial charge in [-0.1, -0.05) is 0 Å². The third kappa shape index (κ3) is 2.91. The van der Waals surface area contributed by atoms with Gasteiger partial charge >= 0.3 is 12.1 Å². The Labute approximate surface area is 101 Å². The Morgan fingerprint density at radius 2 is 2.17 bits per heavy atom. The minimum Gasteiger partial charge on any atom is -0.481 e. The van der Waals surface area contributed by atoms with Crippen molar-refractivity contribution in [1.82, 2.24) is 4.98 Å². The Hall–Kier alpha value is -2.23. The summed E-state index contributed by atoms with van der Waals surface area (Å²) in [6, 6.07) is 1.66. The van der Waals surface area contributed by atoms with Gasteiger partial charge in [0.1, 0.15) is 11.6 Å². The van der Waals surface area contributed by atoms with Crippen LogP contribution in [-0.4, -0.2) is 16.1 Å². The number of aliphatic carboxylic acids is 1. The van der Waals surface area contributed by atoms with E-state index in [4.69, 9.17) is 17.3 Å². The normalized spacial score (nSPS) is 12.8. The van der Waals surface area contributed by atoms with Gasteiger partial charge in [0, 0.05) is 6.42 Å². The standard InChI is InChI=1S/C11H9F3N2O2/c1-2-3-6(10(17)18)9-7(15)4-5-8(16-9)11(12,13)14/h1,4-6H,3,15H2,(H,17,18). The number of nitrogens with two attached hydrogens (primary N) is 1. The van der Waals surface area contributed by atoms with Crippen molar-refractivity contribution in [2.24, 2.45) is 0 Å². The number of nitrogen functional groups attached to an aromatic ring is 1. The molecule has 0 saturated heterocycles. The predicted molar refractivity (Wildman–Crippen MR) is 57.5 cm³/mol. The molecule has 4 nitrogen and oxygen atoms in total. The monoisotopic (exact) mass is 258 g/mol. The van der Waals surface area contributed by atoms with Crippen LogP contribution in [0.1, 0.15) is 23.7 Å². The first kappa shape index (κ1) is 13.8. The molecule has 0 aliphatic carbocycles. The van der Waals surface area contributed by atoms with Crippen molar-refractivity contribution in [3.05, 3.63) is 23.5 Å². The zero-order chi connectivity index (χ0) is 13.9. The van der Waals surface area contributed by atoms with E-state index in [9.17, 15) is 18.0 Å². The van der Waals surface area contributed by atoms with Gasteiger partial charge in [-0.05, 0) is 12.1 Å². The average molecular weight is 258 g/mol. The summed E-state index contributed by atoms with van der Waals surface area (Å²) in [6.07, 6.45) is 0.0254. The number of carboxylic acid groups (broad SMARTS) is 1. The van der Waals surface area contributed by atoms with Crippen LogP contribution in [0.25, 0.3) is 0 Å². The van der Waals surface area contributed by atoms with Crippen LogP contribution in [0.3, 0.4) is 0 Å². The first-order chi connectivity index (χ1) is 8.27. The van der Waals surface area contributed by atoms with E-state index in [-0.39, 0.29) is 17.8 Å². The molecule has 0 aliphatic heterocycles. The molecule has 1 rings (SSSR count). The molecular formula is C11H9F3N2O2. The SMILES string of the molecule is C#CCC(C(=O)O)c1nc(C(F)(F)F)ccc1N. The number of hydrogen-bond acceptors (Lipinski definition) is 3. The summed E-state index contributed by atoms with van der Waals surface area (Å²) >= 11 is 0. The highest BCUT2D eigenvalue weighted by Crippen LogP contribution is 2.31. The molecule has 3 N–H and O–H groups in total. The van der Waals surface area contributed by atoms with Crippen LogP contribution in [0.15, 0.2) is 12.1 Å². The molecule has 18 heavy (non-hydrogen) atoms. The quantitative estimate of drug-likeness (QED) is 0.811. The molecule has 0 amide bonds. The maximum absolute atomic E-state index is 12.5. The third-order valence-electron chi connectivity index (χ3n) is 2.20. The van der Waals surface area contributed by atoms with Crippen LogP contribution in [0, 0.1) is 12.3 Å². The molecule has 0 radical (unpaired) electrons. The van der Waals surface area contributed by atoms with Crippen LogP contribution < -0.4 is 5.73 Å². The first-order valence-corrected chi connectivity index (χ1v) is 4.77. The van der Waals surface area contributed by atoms with Gasteiger partial charge in [-0.25, -0.2) is 4.98 Å². The Morgan fingerprint density at radius 3 is 2.61 bits per heavy atom. The topological polar surface area (TPSA) is 76.2 Å². The number of carboxylic acids is 1. The van der Waals surface area contributed by atoms with Gasteiger partial charge in [0.05, 0.1) is 11.4 Å². The van der Waals surface area contributed by atoms with Gasteiger partial charge in [0.2, 0.25) is 0 Å². The number of anilines is 1. The number of pyridine rings is 1. The van der Waals surface area contributed by atoms with Gasteiger partial charge in [-0.3, -0.25) is 4.79 Å². The number of aromatic nitrogens is 1. The van der Waals surface area contributed by atoms with Crippen LogP contribution >= 0.6 is 0 Å². The summed E-state index contributed by atoms with van der Waals surface area (Å²) in [4.78, 5) is 14.2. The van der Waals surface area contributed by atoms with E-state index in [0.29, 0.717) is 6.07 Å². The van der Waals surface area contributed by atoms with Crippen molar-refractivity contribution in [3.63, 3.8) is 0 Å². The Morgan fingerprint density at radius 1 is 1.56 bits per heavy atom. The molecule has 1 atom stereocenters. The van der Waals surface area contributed by atoms with Crippen LogP contribution in [-0.2, 0) is 11.0 Å². The highest BCUT2D eigenvalue weighted by Gasteiger charge is 2.34. The summed E-state index contributed by atoms with van der Waals surface area (Å²) < 4.78 is 37.4. The molecule has 0 bridgehead atoms. The van der Waals surface area contributed by atoms with Crippen molar-refractivity contribution in [1.29, 1.82) is 0 Å². The van der Waals surface area contributed by atoms with E-state index >= 15 is 0 Å². The second-order valence-corrected chi connectivity index (χ2v) is 3.47. The van der Waals surface area contributed by atoms with Crippen LogP contribution in [0.4, 0.5) is 18.9 Å². The minimum absolute atomic E-state index is 0.134. The third-order valence-corrected chi connectivity index (χ3v) is 2.20. The second-order valence-electron chi connectivity index (χ2n) is 3.47. The van der Waals surface area contributed by atoms with Crippen molar-refractivity contribution in [3.8, 4) is 12.3 Å². The zero-order valence-electron chi connectivity index (χ0n) is 9.03. The van der Waals surface area contributed by atoms with Gasteiger partial charge < -0.3 is 10.8 Å². The van der Waals surface area contributed by atoms with Gasteiger partial charge in [-0.15, -0.1) is 12.3 Å². The highest BCUT2D eigenvalue weighted by atomic mass is 19.4. The van der Waals surface area contributed by atoms with E-state index in [1.807, 2.05) is 0 Å². The summed E-state index contributed by atoms with van der Waals surface area (Å²) in [6.45, 7) is 0. The minimum atomic E-state index is -4.67. The number of hydrogen-bond donors (Lipinski definition) is 2. The fraction of sp³-hybridized carbons (Fsp3) is 0.273. The fourth-order valence-electron chi connectivity index (χ4n) is 1.34. The summed E-state index contributed by atoms with van der Waals surface area (Å²) in [5.41, 5.74) is 3.74. The van der Waals surface area contributed by atoms with E-state index in [2.05, 4.69) is 10.9 Å². The van der Waals surface area contributed by atoms with E-state index < -0.39 is 23.8 Å². The molecule has 0 fully saturated rings. The Balaban J connectivity index is 3.30. The van der Waals surface area contributed by atoms with Crippen molar-refractivity contribution < 1.29 is 23.1 Å². The lowest BCUT2D eigenvalue weighted by atomic mass is 9.99. The lowest BCUT2D eigenvalue weighted by Crippen LogP contribution is -2.18. The maximum Gasteiger partial charge on any atom is 0.433 e. The van der Waals surface area contributed by atoms with Crippen molar-refractivity contribution in [2.75, 3.05) is 5.73 Å². The van der Waals surface area contributed by atoms with Gasteiger partial charge in [0.15, 0.2) is 0 Å². The molecule has 0 saturated carbocycles. The lowest BCUT2D eigenvalue weighted by molar-refractivity contribution is -0.142. The van der Waals surface area contributed by atoms with Crippen molar-refractivity contribution >= 4 is 11.7 Å². The number of alkyl halides is 3. The van der Waals surface area contributed by atoms with Gasteiger partial charge in [-0.2, -0.15) is 13.2 Å². The lowest BCUT2D eigenvalue weighted by Gasteiger charge is -2.14. The number of carbonyl (C=O) groups is 1. The van der Waals surface area contributed by atoms with Crippen molar-refractivity contribution in [2.45, 2.75) is 18.5 Å². The molecule has 1 aromatic heterocycles. The van der Waals surface area contributed by atoms with Crippen LogP contribution in [0.5, 0.6) is 0 Å². The summed E-state index contributed by atoms with van der Waals surface area (Å²) in [5, 5.41) is 8.90. The van der Waals surface area contributed by atoms with E-state index in [0.717, 1.165) is 6.07 Å². The Kier molecular flexibility index (Phi) is 3.81. The molecule has 0 aromatic carbocycles. The van der Waals surface area contributed by atoms with Crippen LogP contribution in [0.2, 0.25) is 0 Å². The second kappa shape index (κ2) is 4.96. The molecule has 1 heterocycles. The molecule has 1 unspecified atom stereocenters.